The van der Waals surface area contributed by atoms with Crippen LogP contribution in [0.2, 0.25) is 0 Å². The van der Waals surface area contributed by atoms with Crippen LogP contribution in [0.4, 0.5) is 0 Å². The van der Waals surface area contributed by atoms with Crippen molar-refractivity contribution < 1.29 is 24.5 Å². The Hall–Kier alpha value is -4.19. The molecule has 2 N–H and O–H groups in total. The molecule has 208 valence electrons. The summed E-state index contributed by atoms with van der Waals surface area (Å²) >= 11 is 0. The van der Waals surface area contributed by atoms with E-state index in [0.717, 1.165) is 11.1 Å². The Morgan fingerprint density at radius 3 is 2.65 bits per heavy atom. The van der Waals surface area contributed by atoms with E-state index in [1.807, 2.05) is 57.3 Å². The second kappa shape index (κ2) is 13.2. The quantitative estimate of drug-likeness (QED) is 0.419. The predicted octanol–water partition coefficient (Wildman–Crippen LogP) is 3.73. The third-order valence-electron chi connectivity index (χ3n) is 7.01. The van der Waals surface area contributed by atoms with Crippen LogP contribution >= 0.6 is 0 Å². The number of carbonyl (C=O) groups is 2. The molecule has 8 nitrogen and oxygen atoms in total. The molecule has 0 radical (unpaired) electrons. The molecule has 8 heteroatoms. The Balaban J connectivity index is 1.58. The van der Waals surface area contributed by atoms with Crippen molar-refractivity contribution in [2.45, 2.75) is 39.0 Å². The van der Waals surface area contributed by atoms with Crippen LogP contribution in [0.5, 0.6) is 5.88 Å². The van der Waals surface area contributed by atoms with Crippen molar-refractivity contribution >= 4 is 11.9 Å². The van der Waals surface area contributed by atoms with Gasteiger partial charge in [-0.15, -0.1) is 0 Å². The SMILES string of the molecule is C[C@@H]1CN([C@H](C)CO)C(=O)c2cc(C#CCc3ccccc3)cnc2O[C@@H]1CN(C)Cc1cccc(C(=O)O)c1. The molecule has 0 saturated carbocycles. The molecule has 0 bridgehead atoms. The lowest BCUT2D eigenvalue weighted by Gasteiger charge is -2.37. The lowest BCUT2D eigenvalue weighted by Crippen LogP contribution is -2.49. The molecule has 0 unspecified atom stereocenters. The average molecular weight is 542 g/mol. The number of carboxylic acids is 1. The van der Waals surface area contributed by atoms with Crippen LogP contribution in [0.1, 0.15) is 51.3 Å². The summed E-state index contributed by atoms with van der Waals surface area (Å²) in [6.07, 6.45) is 1.89. The van der Waals surface area contributed by atoms with E-state index in [1.54, 1.807) is 35.4 Å². The monoisotopic (exact) mass is 541 g/mol. The molecule has 3 atom stereocenters. The maximum atomic E-state index is 13.6. The van der Waals surface area contributed by atoms with Gasteiger partial charge in [-0.2, -0.15) is 0 Å². The molecule has 1 aromatic heterocycles. The molecule has 0 saturated heterocycles. The first-order valence-electron chi connectivity index (χ1n) is 13.4. The van der Waals surface area contributed by atoms with Crippen molar-refractivity contribution in [2.24, 2.45) is 5.92 Å². The summed E-state index contributed by atoms with van der Waals surface area (Å²) in [5.41, 5.74) is 3.16. The van der Waals surface area contributed by atoms with Crippen LogP contribution in [0.25, 0.3) is 0 Å². The minimum absolute atomic E-state index is 0.0638. The van der Waals surface area contributed by atoms with Crippen molar-refractivity contribution in [3.05, 3.63) is 94.7 Å². The Morgan fingerprint density at radius 2 is 1.93 bits per heavy atom. The highest BCUT2D eigenvalue weighted by Crippen LogP contribution is 2.27. The third-order valence-corrected chi connectivity index (χ3v) is 7.01. The van der Waals surface area contributed by atoms with Crippen molar-refractivity contribution in [3.8, 4) is 17.7 Å². The highest BCUT2D eigenvalue weighted by atomic mass is 16.5. The van der Waals surface area contributed by atoms with Crippen LogP contribution in [-0.4, -0.2) is 75.8 Å². The normalized spacial score (nSPS) is 17.6. The lowest BCUT2D eigenvalue weighted by molar-refractivity contribution is 0.0324. The number of aromatic carboxylic acids is 1. The van der Waals surface area contributed by atoms with E-state index in [4.69, 9.17) is 4.74 Å². The number of hydrogen-bond donors (Lipinski definition) is 2. The number of hydrogen-bond acceptors (Lipinski definition) is 6. The number of ether oxygens (including phenoxy) is 1. The molecule has 2 aromatic carbocycles. The number of benzene rings is 2. The minimum Gasteiger partial charge on any atom is -0.478 e. The molecular weight excluding hydrogens is 506 g/mol. The molecule has 40 heavy (non-hydrogen) atoms. The van der Waals surface area contributed by atoms with Crippen LogP contribution < -0.4 is 4.74 Å². The number of aliphatic hydroxyl groups is 1. The van der Waals surface area contributed by atoms with Gasteiger partial charge in [-0.3, -0.25) is 9.69 Å². The fourth-order valence-electron chi connectivity index (χ4n) is 4.72. The number of aliphatic hydroxyl groups excluding tert-OH is 1. The fourth-order valence-corrected chi connectivity index (χ4v) is 4.72. The molecule has 1 amide bonds. The zero-order valence-electron chi connectivity index (χ0n) is 23.1. The summed E-state index contributed by atoms with van der Waals surface area (Å²) in [6.45, 7) is 5.12. The van der Waals surface area contributed by atoms with Gasteiger partial charge in [0.25, 0.3) is 5.91 Å². The number of aromatic nitrogens is 1. The first-order chi connectivity index (χ1) is 19.2. The smallest absolute Gasteiger partial charge is 0.335 e. The maximum absolute atomic E-state index is 13.6. The van der Waals surface area contributed by atoms with Crippen molar-refractivity contribution in [1.29, 1.82) is 0 Å². The highest BCUT2D eigenvalue weighted by molar-refractivity contribution is 5.97. The van der Waals surface area contributed by atoms with Crippen LogP contribution in [0, 0.1) is 17.8 Å². The summed E-state index contributed by atoms with van der Waals surface area (Å²) < 4.78 is 6.38. The second-order valence-electron chi connectivity index (χ2n) is 10.4. The fraction of sp³-hybridized carbons (Fsp3) is 0.344. The van der Waals surface area contributed by atoms with Gasteiger partial charge in [0, 0.05) is 43.7 Å². The van der Waals surface area contributed by atoms with E-state index in [-0.39, 0.29) is 42.0 Å². The van der Waals surface area contributed by atoms with Gasteiger partial charge in [0.1, 0.15) is 11.7 Å². The van der Waals surface area contributed by atoms with Crippen molar-refractivity contribution in [3.63, 3.8) is 0 Å². The van der Waals surface area contributed by atoms with E-state index in [2.05, 4.69) is 21.7 Å². The third kappa shape index (κ3) is 7.26. The number of amides is 1. The summed E-state index contributed by atoms with van der Waals surface area (Å²) in [5, 5.41) is 19.2. The van der Waals surface area contributed by atoms with Gasteiger partial charge in [0.2, 0.25) is 5.88 Å². The standard InChI is InChI=1S/C32H35N3O5/c1-22-18-35(23(2)21-36)31(37)28-16-25(12-7-11-24-9-5-4-6-10-24)17-33-30(28)40-29(22)20-34(3)19-26-13-8-14-27(15-26)32(38)39/h4-6,8-10,13-17,22-23,29,36H,11,18-21H2,1-3H3,(H,38,39)/t22-,23-,29-/m1/s1. The number of rotatable bonds is 8. The minimum atomic E-state index is -0.962. The van der Waals surface area contributed by atoms with Gasteiger partial charge in [-0.1, -0.05) is 61.2 Å². The Kier molecular flexibility index (Phi) is 9.54. The number of pyridine rings is 1. The zero-order chi connectivity index (χ0) is 28.6. The van der Waals surface area contributed by atoms with Gasteiger partial charge < -0.3 is 19.8 Å². The summed E-state index contributed by atoms with van der Waals surface area (Å²) in [4.78, 5) is 33.2. The van der Waals surface area contributed by atoms with Crippen molar-refractivity contribution in [1.82, 2.24) is 14.8 Å². The molecule has 3 aromatic rings. The second-order valence-corrected chi connectivity index (χ2v) is 10.4. The van der Waals surface area contributed by atoms with Crippen LogP contribution in [-0.2, 0) is 13.0 Å². The molecule has 4 rings (SSSR count). The molecule has 0 fully saturated rings. The number of nitrogens with zero attached hydrogens (tertiary/aromatic N) is 3. The Labute approximate surface area is 235 Å². The van der Waals surface area contributed by atoms with Gasteiger partial charge in [0.15, 0.2) is 0 Å². The Bertz CT molecular complexity index is 1400. The number of likely N-dealkylation sites (N-methyl/N-ethyl adjacent to an activating group) is 1. The molecule has 1 aliphatic rings. The van der Waals surface area contributed by atoms with Gasteiger partial charge in [-0.05, 0) is 43.3 Å². The van der Waals surface area contributed by atoms with Gasteiger partial charge in [0.05, 0.1) is 18.2 Å². The van der Waals surface area contributed by atoms with Crippen molar-refractivity contribution in [2.75, 3.05) is 26.7 Å². The largest absolute Gasteiger partial charge is 0.478 e. The molecule has 2 heterocycles. The lowest BCUT2D eigenvalue weighted by atomic mass is 9.99. The predicted molar refractivity (Wildman–Crippen MR) is 152 cm³/mol. The molecule has 0 spiro atoms. The van der Waals surface area contributed by atoms with Gasteiger partial charge >= 0.3 is 5.97 Å². The van der Waals surface area contributed by atoms with Crippen LogP contribution in [0.3, 0.4) is 0 Å². The van der Waals surface area contributed by atoms with E-state index in [1.165, 1.54) is 0 Å². The Morgan fingerprint density at radius 1 is 1.18 bits per heavy atom. The number of fused-ring (bicyclic) bond motifs is 1. The zero-order valence-corrected chi connectivity index (χ0v) is 23.1. The maximum Gasteiger partial charge on any atom is 0.335 e. The molecule has 0 aliphatic carbocycles. The first-order valence-corrected chi connectivity index (χ1v) is 13.4. The summed E-state index contributed by atoms with van der Waals surface area (Å²) in [7, 11) is 1.95. The molecule has 1 aliphatic heterocycles. The van der Waals surface area contributed by atoms with E-state index < -0.39 is 5.97 Å². The van der Waals surface area contributed by atoms with E-state index in [0.29, 0.717) is 37.2 Å². The average Bonchev–Trinajstić information content (AvgIpc) is 2.95. The number of carboxylic acid groups (broad SMARTS) is 1. The summed E-state index contributed by atoms with van der Waals surface area (Å²) in [5.74, 6) is 5.23. The van der Waals surface area contributed by atoms with E-state index >= 15 is 0 Å². The van der Waals surface area contributed by atoms with E-state index in [9.17, 15) is 19.8 Å². The van der Waals surface area contributed by atoms with Crippen LogP contribution in [0.15, 0.2) is 66.9 Å². The first kappa shape index (κ1) is 28.8. The topological polar surface area (TPSA) is 103 Å². The highest BCUT2D eigenvalue weighted by Gasteiger charge is 2.34. The number of carbonyl (C=O) groups excluding carboxylic acids is 1. The molecular formula is C32H35N3O5. The summed E-state index contributed by atoms with van der Waals surface area (Å²) in [6, 6.07) is 18.1. The van der Waals surface area contributed by atoms with Gasteiger partial charge in [-0.25, -0.2) is 9.78 Å².